The van der Waals surface area contributed by atoms with Crippen LogP contribution in [-0.2, 0) is 9.47 Å². The minimum Gasteiger partial charge on any atom is -0.444 e. The van der Waals surface area contributed by atoms with E-state index in [4.69, 9.17) is 9.47 Å². The highest BCUT2D eigenvalue weighted by atomic mass is 16.6. The van der Waals surface area contributed by atoms with Gasteiger partial charge in [-0.2, -0.15) is 0 Å². The van der Waals surface area contributed by atoms with Gasteiger partial charge < -0.3 is 14.8 Å². The highest BCUT2D eigenvalue weighted by Crippen LogP contribution is 2.17. The van der Waals surface area contributed by atoms with Gasteiger partial charge in [-0.15, -0.1) is 0 Å². The molecule has 1 heterocycles. The lowest BCUT2D eigenvalue weighted by Gasteiger charge is -2.19. The summed E-state index contributed by atoms with van der Waals surface area (Å²) in [5.74, 6) is 0. The van der Waals surface area contributed by atoms with Crippen molar-refractivity contribution in [3.8, 4) is 0 Å². The molecule has 0 saturated carbocycles. The number of alkyl carbamates (subject to hydrolysis) is 1. The molecule has 1 amide bonds. The van der Waals surface area contributed by atoms with Gasteiger partial charge in [-0.1, -0.05) is 25.7 Å². The van der Waals surface area contributed by atoms with Crippen molar-refractivity contribution in [1.82, 2.24) is 5.32 Å². The number of hydrogen-bond donors (Lipinski definition) is 1. The van der Waals surface area contributed by atoms with Crippen molar-refractivity contribution < 1.29 is 14.3 Å². The summed E-state index contributed by atoms with van der Waals surface area (Å²) in [6.07, 6.45) is 7.45. The summed E-state index contributed by atoms with van der Waals surface area (Å²) in [7, 11) is 0. The van der Waals surface area contributed by atoms with E-state index in [0.29, 0.717) is 12.6 Å². The maximum Gasteiger partial charge on any atom is 0.407 e. The monoisotopic (exact) mass is 257 g/mol. The van der Waals surface area contributed by atoms with Crippen molar-refractivity contribution in [2.24, 2.45) is 0 Å². The Labute approximate surface area is 110 Å². The molecule has 4 heteroatoms. The van der Waals surface area contributed by atoms with Crippen molar-refractivity contribution in [3.05, 3.63) is 0 Å². The van der Waals surface area contributed by atoms with E-state index in [1.807, 2.05) is 20.8 Å². The Morgan fingerprint density at radius 1 is 1.22 bits per heavy atom. The molecular weight excluding hydrogens is 230 g/mol. The first-order chi connectivity index (χ1) is 8.47. The Hall–Kier alpha value is -0.770. The molecule has 1 N–H and O–H groups in total. The predicted molar refractivity (Wildman–Crippen MR) is 71.7 cm³/mol. The van der Waals surface area contributed by atoms with Crippen LogP contribution in [0.15, 0.2) is 0 Å². The van der Waals surface area contributed by atoms with E-state index in [-0.39, 0.29) is 6.09 Å². The highest BCUT2D eigenvalue weighted by Gasteiger charge is 2.20. The molecule has 1 saturated heterocycles. The smallest absolute Gasteiger partial charge is 0.407 e. The summed E-state index contributed by atoms with van der Waals surface area (Å²) in [6, 6.07) is 0. The molecule has 0 spiro atoms. The van der Waals surface area contributed by atoms with Gasteiger partial charge >= 0.3 is 6.09 Å². The summed E-state index contributed by atoms with van der Waals surface area (Å²) in [4.78, 5) is 11.3. The van der Waals surface area contributed by atoms with Gasteiger partial charge in [-0.25, -0.2) is 4.79 Å². The van der Waals surface area contributed by atoms with Gasteiger partial charge in [0.05, 0.1) is 12.7 Å². The van der Waals surface area contributed by atoms with E-state index in [2.05, 4.69) is 5.32 Å². The van der Waals surface area contributed by atoms with Gasteiger partial charge in [0.2, 0.25) is 0 Å². The van der Waals surface area contributed by atoms with Crippen LogP contribution < -0.4 is 5.32 Å². The van der Waals surface area contributed by atoms with Crippen molar-refractivity contribution in [1.29, 1.82) is 0 Å². The quantitative estimate of drug-likeness (QED) is 0.536. The zero-order valence-corrected chi connectivity index (χ0v) is 12.0. The van der Waals surface area contributed by atoms with Crippen molar-refractivity contribution in [3.63, 3.8) is 0 Å². The van der Waals surface area contributed by atoms with Gasteiger partial charge in [0.15, 0.2) is 0 Å². The molecule has 1 aliphatic rings. The molecular formula is C14H27NO3. The Morgan fingerprint density at radius 2 is 1.83 bits per heavy atom. The third kappa shape index (κ3) is 9.28. The number of amides is 1. The van der Waals surface area contributed by atoms with Crippen LogP contribution in [0.25, 0.3) is 0 Å². The van der Waals surface area contributed by atoms with Crippen molar-refractivity contribution >= 4 is 6.09 Å². The highest BCUT2D eigenvalue weighted by molar-refractivity contribution is 5.67. The van der Waals surface area contributed by atoms with Gasteiger partial charge in [0.25, 0.3) is 0 Å². The Balaban J connectivity index is 1.81. The fourth-order valence-electron chi connectivity index (χ4n) is 1.77. The summed E-state index contributed by atoms with van der Waals surface area (Å²) in [5, 5.41) is 2.78. The van der Waals surface area contributed by atoms with Gasteiger partial charge in [-0.3, -0.25) is 0 Å². The van der Waals surface area contributed by atoms with Crippen LogP contribution in [0.5, 0.6) is 0 Å². The van der Waals surface area contributed by atoms with E-state index in [1.54, 1.807) is 0 Å². The van der Waals surface area contributed by atoms with Crippen LogP contribution in [0.3, 0.4) is 0 Å². The molecule has 0 bridgehead atoms. The number of epoxide rings is 1. The van der Waals surface area contributed by atoms with Crippen molar-refractivity contribution in [2.45, 2.75) is 71.0 Å². The fraction of sp³-hybridized carbons (Fsp3) is 0.929. The topological polar surface area (TPSA) is 50.9 Å². The molecule has 0 radical (unpaired) electrons. The standard InChI is InChI=1S/C14H27NO3/c1-14(2,3)18-13(16)15-10-8-6-4-5-7-9-12-11-17-12/h12H,4-11H2,1-3H3,(H,15,16). The molecule has 1 unspecified atom stereocenters. The first-order valence-corrected chi connectivity index (χ1v) is 7.06. The molecule has 4 nitrogen and oxygen atoms in total. The molecule has 1 aliphatic heterocycles. The minimum absolute atomic E-state index is 0.312. The maximum absolute atomic E-state index is 11.3. The Morgan fingerprint density at radius 3 is 2.44 bits per heavy atom. The van der Waals surface area contributed by atoms with Crippen LogP contribution in [0.4, 0.5) is 4.79 Å². The summed E-state index contributed by atoms with van der Waals surface area (Å²) < 4.78 is 10.3. The average molecular weight is 257 g/mol. The first-order valence-electron chi connectivity index (χ1n) is 7.06. The average Bonchev–Trinajstić information content (AvgIpc) is 3.03. The molecule has 18 heavy (non-hydrogen) atoms. The number of rotatable bonds is 8. The van der Waals surface area contributed by atoms with Crippen molar-refractivity contribution in [2.75, 3.05) is 13.2 Å². The third-order valence-corrected chi connectivity index (χ3v) is 2.77. The lowest BCUT2D eigenvalue weighted by atomic mass is 10.1. The first kappa shape index (κ1) is 15.3. The summed E-state index contributed by atoms with van der Waals surface area (Å²) in [6.45, 7) is 7.29. The van der Waals surface area contributed by atoms with Gasteiger partial charge in [0, 0.05) is 6.54 Å². The molecule has 1 atom stereocenters. The number of nitrogens with one attached hydrogen (secondary N) is 1. The lowest BCUT2D eigenvalue weighted by Crippen LogP contribution is -2.32. The second-order valence-corrected chi connectivity index (χ2v) is 5.94. The number of carbonyl (C=O) groups is 1. The van der Waals surface area contributed by atoms with E-state index >= 15 is 0 Å². The van der Waals surface area contributed by atoms with E-state index in [1.165, 1.54) is 32.1 Å². The van der Waals surface area contributed by atoms with Crippen LogP contribution >= 0.6 is 0 Å². The Bertz CT molecular complexity index is 244. The second kappa shape index (κ2) is 7.62. The minimum atomic E-state index is -0.408. The zero-order chi connectivity index (χ0) is 13.4. The number of unbranched alkanes of at least 4 members (excludes halogenated alkanes) is 4. The Kier molecular flexibility index (Phi) is 6.47. The maximum atomic E-state index is 11.3. The molecule has 0 aliphatic carbocycles. The molecule has 1 rings (SSSR count). The molecule has 106 valence electrons. The molecule has 0 aromatic carbocycles. The van der Waals surface area contributed by atoms with Crippen LogP contribution in [0, 0.1) is 0 Å². The zero-order valence-electron chi connectivity index (χ0n) is 12.0. The van der Waals surface area contributed by atoms with Crippen LogP contribution in [0.2, 0.25) is 0 Å². The van der Waals surface area contributed by atoms with E-state index in [0.717, 1.165) is 13.0 Å². The van der Waals surface area contributed by atoms with E-state index < -0.39 is 5.60 Å². The summed E-state index contributed by atoms with van der Waals surface area (Å²) in [5.41, 5.74) is -0.408. The number of hydrogen-bond acceptors (Lipinski definition) is 3. The lowest BCUT2D eigenvalue weighted by molar-refractivity contribution is 0.0527. The second-order valence-electron chi connectivity index (χ2n) is 5.94. The SMILES string of the molecule is CC(C)(C)OC(=O)NCCCCCCCC1CO1. The normalized spacial score (nSPS) is 18.5. The van der Waals surface area contributed by atoms with E-state index in [9.17, 15) is 4.79 Å². The van der Waals surface area contributed by atoms with Gasteiger partial charge in [-0.05, 0) is 33.6 Å². The number of carbonyl (C=O) groups excluding carboxylic acids is 1. The third-order valence-electron chi connectivity index (χ3n) is 2.77. The van der Waals surface area contributed by atoms with Crippen LogP contribution in [-0.4, -0.2) is 30.9 Å². The van der Waals surface area contributed by atoms with Gasteiger partial charge in [0.1, 0.15) is 5.60 Å². The molecule has 0 aromatic rings. The van der Waals surface area contributed by atoms with Crippen LogP contribution in [0.1, 0.15) is 59.3 Å². The summed E-state index contributed by atoms with van der Waals surface area (Å²) >= 11 is 0. The largest absolute Gasteiger partial charge is 0.444 e. The molecule has 1 fully saturated rings. The molecule has 0 aromatic heterocycles. The fourth-order valence-corrected chi connectivity index (χ4v) is 1.77. The number of ether oxygens (including phenoxy) is 2. The predicted octanol–water partition coefficient (Wildman–Crippen LogP) is 3.25.